The molecule has 1 rings (SSSR count). The van der Waals surface area contributed by atoms with E-state index in [2.05, 4.69) is 12.2 Å². The quantitative estimate of drug-likeness (QED) is 0.777. The Labute approximate surface area is 113 Å². The van der Waals surface area contributed by atoms with Gasteiger partial charge in [-0.05, 0) is 38.5 Å². The molecule has 0 aliphatic heterocycles. The van der Waals surface area contributed by atoms with Crippen molar-refractivity contribution in [2.45, 2.75) is 71.4 Å². The van der Waals surface area contributed by atoms with Crippen LogP contribution in [0, 0.1) is 5.92 Å². The highest BCUT2D eigenvalue weighted by molar-refractivity contribution is 7.91. The molecular formula is C14H29NO2S. The van der Waals surface area contributed by atoms with Crippen molar-refractivity contribution in [1.29, 1.82) is 0 Å². The first-order valence-corrected chi connectivity index (χ1v) is 9.25. The van der Waals surface area contributed by atoms with Gasteiger partial charge in [0, 0.05) is 17.8 Å². The lowest BCUT2D eigenvalue weighted by atomic mass is 9.83. The summed E-state index contributed by atoms with van der Waals surface area (Å²) in [6.45, 7) is 5.96. The average Bonchev–Trinajstić information content (AvgIpc) is 2.31. The zero-order valence-corrected chi connectivity index (χ0v) is 12.9. The van der Waals surface area contributed by atoms with Crippen molar-refractivity contribution in [3.63, 3.8) is 0 Å². The molecule has 0 aromatic carbocycles. The Balaban J connectivity index is 2.28. The molecule has 1 fully saturated rings. The Morgan fingerprint density at radius 3 is 2.28 bits per heavy atom. The fourth-order valence-corrected chi connectivity index (χ4v) is 4.07. The molecule has 1 atom stereocenters. The summed E-state index contributed by atoms with van der Waals surface area (Å²) in [5, 5.41) is 3.49. The van der Waals surface area contributed by atoms with Gasteiger partial charge < -0.3 is 5.32 Å². The third kappa shape index (κ3) is 5.70. The van der Waals surface area contributed by atoms with E-state index in [-0.39, 0.29) is 17.5 Å². The van der Waals surface area contributed by atoms with Gasteiger partial charge in [0.1, 0.15) is 0 Å². The van der Waals surface area contributed by atoms with Crippen LogP contribution in [0.15, 0.2) is 0 Å². The van der Waals surface area contributed by atoms with Crippen molar-refractivity contribution < 1.29 is 8.42 Å². The molecular weight excluding hydrogens is 246 g/mol. The second-order valence-electron chi connectivity index (χ2n) is 5.77. The van der Waals surface area contributed by atoms with Gasteiger partial charge in [0.05, 0.1) is 5.75 Å². The summed E-state index contributed by atoms with van der Waals surface area (Å²) in [7, 11) is -2.85. The van der Waals surface area contributed by atoms with Gasteiger partial charge in [0.25, 0.3) is 0 Å². The monoisotopic (exact) mass is 275 g/mol. The highest BCUT2D eigenvalue weighted by Crippen LogP contribution is 2.27. The maximum atomic E-state index is 11.5. The Hall–Kier alpha value is -0.0900. The molecule has 108 valence electrons. The number of hydrogen-bond donors (Lipinski definition) is 1. The van der Waals surface area contributed by atoms with Crippen molar-refractivity contribution >= 4 is 9.84 Å². The standard InChI is InChI=1S/C14H29NO2S/c1-4-6-13-7-9-14(10-8-13)15-12(3)11-18(16,17)5-2/h12-15H,4-11H2,1-3H3. The van der Waals surface area contributed by atoms with E-state index >= 15 is 0 Å². The second-order valence-corrected chi connectivity index (χ2v) is 8.17. The van der Waals surface area contributed by atoms with Gasteiger partial charge in [0.2, 0.25) is 0 Å². The van der Waals surface area contributed by atoms with Crippen LogP contribution in [0.1, 0.15) is 59.3 Å². The van der Waals surface area contributed by atoms with Crippen LogP contribution in [0.5, 0.6) is 0 Å². The third-order valence-electron chi connectivity index (χ3n) is 4.01. The molecule has 0 radical (unpaired) electrons. The van der Waals surface area contributed by atoms with Gasteiger partial charge in [-0.3, -0.25) is 0 Å². The van der Waals surface area contributed by atoms with Crippen molar-refractivity contribution in [3.05, 3.63) is 0 Å². The molecule has 0 saturated heterocycles. The Kier molecular flexibility index (Phi) is 6.64. The van der Waals surface area contributed by atoms with Gasteiger partial charge in [-0.1, -0.05) is 26.7 Å². The first-order chi connectivity index (χ1) is 8.46. The number of rotatable bonds is 7. The van der Waals surface area contributed by atoms with E-state index in [4.69, 9.17) is 0 Å². The van der Waals surface area contributed by atoms with Crippen LogP contribution >= 0.6 is 0 Å². The molecule has 4 heteroatoms. The summed E-state index contributed by atoms with van der Waals surface area (Å²) >= 11 is 0. The maximum Gasteiger partial charge on any atom is 0.151 e. The van der Waals surface area contributed by atoms with Crippen LogP contribution in [-0.4, -0.2) is 32.0 Å². The summed E-state index contributed by atoms with van der Waals surface area (Å²) in [6.07, 6.45) is 7.67. The van der Waals surface area contributed by atoms with Crippen molar-refractivity contribution in [2.24, 2.45) is 5.92 Å². The lowest BCUT2D eigenvalue weighted by Crippen LogP contribution is -2.42. The second kappa shape index (κ2) is 7.49. The van der Waals surface area contributed by atoms with Gasteiger partial charge in [-0.15, -0.1) is 0 Å². The van der Waals surface area contributed by atoms with E-state index < -0.39 is 9.84 Å². The van der Waals surface area contributed by atoms with E-state index in [1.165, 1.54) is 38.5 Å². The largest absolute Gasteiger partial charge is 0.310 e. The van der Waals surface area contributed by atoms with Crippen molar-refractivity contribution in [2.75, 3.05) is 11.5 Å². The minimum atomic E-state index is -2.85. The molecule has 0 heterocycles. The fraction of sp³-hybridized carbons (Fsp3) is 1.00. The molecule has 0 bridgehead atoms. The van der Waals surface area contributed by atoms with Gasteiger partial charge in [-0.25, -0.2) is 8.42 Å². The highest BCUT2D eigenvalue weighted by atomic mass is 32.2. The van der Waals surface area contributed by atoms with Gasteiger partial charge in [-0.2, -0.15) is 0 Å². The van der Waals surface area contributed by atoms with E-state index in [1.807, 2.05) is 6.92 Å². The summed E-state index contributed by atoms with van der Waals surface area (Å²) in [5.74, 6) is 1.43. The molecule has 1 N–H and O–H groups in total. The summed E-state index contributed by atoms with van der Waals surface area (Å²) < 4.78 is 23.1. The zero-order valence-electron chi connectivity index (χ0n) is 12.1. The van der Waals surface area contributed by atoms with Crippen LogP contribution in [0.3, 0.4) is 0 Å². The zero-order chi connectivity index (χ0) is 13.6. The van der Waals surface area contributed by atoms with E-state index in [9.17, 15) is 8.42 Å². The first-order valence-electron chi connectivity index (χ1n) is 7.43. The Morgan fingerprint density at radius 2 is 1.78 bits per heavy atom. The van der Waals surface area contributed by atoms with Crippen LogP contribution in [-0.2, 0) is 9.84 Å². The number of sulfone groups is 1. The predicted octanol–water partition coefficient (Wildman–Crippen LogP) is 2.76. The Morgan fingerprint density at radius 1 is 1.17 bits per heavy atom. The van der Waals surface area contributed by atoms with Gasteiger partial charge in [0.15, 0.2) is 9.84 Å². The normalized spacial score (nSPS) is 27.1. The molecule has 0 amide bonds. The predicted molar refractivity (Wildman–Crippen MR) is 77.6 cm³/mol. The summed E-state index contributed by atoms with van der Waals surface area (Å²) in [5.41, 5.74) is 0. The molecule has 0 aromatic heterocycles. The molecule has 1 aliphatic rings. The van der Waals surface area contributed by atoms with Crippen LogP contribution in [0.4, 0.5) is 0 Å². The number of nitrogens with one attached hydrogen (secondary N) is 1. The van der Waals surface area contributed by atoms with Crippen LogP contribution in [0.2, 0.25) is 0 Å². The number of hydrogen-bond acceptors (Lipinski definition) is 3. The van der Waals surface area contributed by atoms with Gasteiger partial charge >= 0.3 is 0 Å². The topological polar surface area (TPSA) is 46.2 Å². The molecule has 1 aliphatic carbocycles. The molecule has 18 heavy (non-hydrogen) atoms. The molecule has 3 nitrogen and oxygen atoms in total. The highest BCUT2D eigenvalue weighted by Gasteiger charge is 2.23. The fourth-order valence-electron chi connectivity index (χ4n) is 2.98. The lowest BCUT2D eigenvalue weighted by molar-refractivity contribution is 0.269. The Bertz CT molecular complexity index is 319. The van der Waals surface area contributed by atoms with Crippen molar-refractivity contribution in [1.82, 2.24) is 5.32 Å². The van der Waals surface area contributed by atoms with Crippen LogP contribution in [0.25, 0.3) is 0 Å². The molecule has 0 spiro atoms. The smallest absolute Gasteiger partial charge is 0.151 e. The minimum absolute atomic E-state index is 0.0858. The van der Waals surface area contributed by atoms with E-state index in [1.54, 1.807) is 6.92 Å². The lowest BCUT2D eigenvalue weighted by Gasteiger charge is -2.31. The SMILES string of the molecule is CCCC1CCC(NC(C)CS(=O)(=O)CC)CC1. The maximum absolute atomic E-state index is 11.5. The van der Waals surface area contributed by atoms with Crippen LogP contribution < -0.4 is 5.32 Å². The van der Waals surface area contributed by atoms with E-state index in [0.717, 1.165) is 5.92 Å². The van der Waals surface area contributed by atoms with Crippen molar-refractivity contribution in [3.8, 4) is 0 Å². The molecule has 1 saturated carbocycles. The summed E-state index contributed by atoms with van der Waals surface area (Å²) in [6, 6.07) is 0.614. The first kappa shape index (κ1) is 16.0. The summed E-state index contributed by atoms with van der Waals surface area (Å²) in [4.78, 5) is 0. The van der Waals surface area contributed by atoms with E-state index in [0.29, 0.717) is 6.04 Å². The molecule has 0 aromatic rings. The minimum Gasteiger partial charge on any atom is -0.310 e. The third-order valence-corrected chi connectivity index (χ3v) is 5.90. The molecule has 1 unspecified atom stereocenters. The average molecular weight is 275 g/mol.